The average Bonchev–Trinajstić information content (AvgIpc) is 3.30. The number of anilines is 1. The number of amides is 2. The number of hydrogen-bond acceptors (Lipinski definition) is 6. The number of primary amides is 1. The summed E-state index contributed by atoms with van der Waals surface area (Å²) in [4.78, 5) is 29.9. The van der Waals surface area contributed by atoms with E-state index in [1.54, 1.807) is 30.3 Å². The molecule has 8 heteroatoms. The standard InChI is InChI=1S/C26H26N4O4/c1-3-25(31)29-18-12-13-30(16-18)24-14-23(22(15-28-24)26(27)32)34-21-10-8-20(9-11-21)33-19-6-4-17(2)5-7-19/h3-11,14-15,18H,1,12-13,16H2,2H3,(H2,27,32)(H,29,31)/t18-/m0/s1. The monoisotopic (exact) mass is 458 g/mol. The van der Waals surface area contributed by atoms with Crippen LogP contribution in [0.2, 0.25) is 0 Å². The van der Waals surface area contributed by atoms with Gasteiger partial charge in [0.25, 0.3) is 5.91 Å². The second-order valence-electron chi connectivity index (χ2n) is 8.04. The molecule has 2 heterocycles. The third kappa shape index (κ3) is 5.53. The number of nitrogens with one attached hydrogen (secondary N) is 1. The maximum atomic E-state index is 11.9. The van der Waals surface area contributed by atoms with Gasteiger partial charge in [-0.2, -0.15) is 0 Å². The van der Waals surface area contributed by atoms with E-state index in [1.807, 2.05) is 36.1 Å². The predicted octanol–water partition coefficient (Wildman–Crippen LogP) is 3.95. The second kappa shape index (κ2) is 10.1. The second-order valence-corrected chi connectivity index (χ2v) is 8.04. The summed E-state index contributed by atoms with van der Waals surface area (Å²) >= 11 is 0. The highest BCUT2D eigenvalue weighted by atomic mass is 16.5. The molecular weight excluding hydrogens is 432 g/mol. The first kappa shape index (κ1) is 22.8. The number of ether oxygens (including phenoxy) is 2. The molecule has 3 aromatic rings. The quantitative estimate of drug-likeness (QED) is 0.495. The Balaban J connectivity index is 1.48. The van der Waals surface area contributed by atoms with Crippen LogP contribution in [0.1, 0.15) is 22.3 Å². The van der Waals surface area contributed by atoms with Gasteiger partial charge in [0.1, 0.15) is 34.4 Å². The highest BCUT2D eigenvalue weighted by molar-refractivity contribution is 5.95. The van der Waals surface area contributed by atoms with Gasteiger partial charge in [0.05, 0.1) is 0 Å². The zero-order valence-corrected chi connectivity index (χ0v) is 18.9. The van der Waals surface area contributed by atoms with Crippen molar-refractivity contribution < 1.29 is 19.1 Å². The fraction of sp³-hybridized carbons (Fsp3) is 0.192. The number of benzene rings is 2. The number of pyridine rings is 1. The van der Waals surface area contributed by atoms with Gasteiger partial charge in [-0.3, -0.25) is 9.59 Å². The summed E-state index contributed by atoms with van der Waals surface area (Å²) < 4.78 is 11.8. The van der Waals surface area contributed by atoms with Gasteiger partial charge in [0.15, 0.2) is 0 Å². The third-order valence-electron chi connectivity index (χ3n) is 5.47. The molecule has 2 aromatic carbocycles. The topological polar surface area (TPSA) is 107 Å². The van der Waals surface area contributed by atoms with E-state index in [4.69, 9.17) is 15.2 Å². The summed E-state index contributed by atoms with van der Waals surface area (Å²) in [6.45, 7) is 6.79. The van der Waals surface area contributed by atoms with Crippen LogP contribution < -0.4 is 25.4 Å². The minimum Gasteiger partial charge on any atom is -0.457 e. The lowest BCUT2D eigenvalue weighted by molar-refractivity contribution is -0.117. The van der Waals surface area contributed by atoms with Crippen LogP contribution in [0.5, 0.6) is 23.0 Å². The van der Waals surface area contributed by atoms with Crippen LogP contribution in [0.3, 0.4) is 0 Å². The maximum Gasteiger partial charge on any atom is 0.254 e. The number of carbonyl (C=O) groups is 2. The van der Waals surface area contributed by atoms with Crippen LogP contribution in [-0.2, 0) is 4.79 Å². The number of aromatic nitrogens is 1. The first-order chi connectivity index (χ1) is 16.4. The summed E-state index contributed by atoms with van der Waals surface area (Å²) in [6, 6.07) is 16.5. The van der Waals surface area contributed by atoms with Crippen molar-refractivity contribution in [1.82, 2.24) is 10.3 Å². The Morgan fingerprint density at radius 3 is 2.32 bits per heavy atom. The summed E-state index contributed by atoms with van der Waals surface area (Å²) in [5.74, 6) is 2.02. The van der Waals surface area contributed by atoms with Gasteiger partial charge in [-0.05, 0) is 55.8 Å². The fourth-order valence-electron chi connectivity index (χ4n) is 3.66. The minimum atomic E-state index is -0.633. The Morgan fingerprint density at radius 1 is 1.09 bits per heavy atom. The molecule has 0 spiro atoms. The molecule has 0 bridgehead atoms. The highest BCUT2D eigenvalue weighted by Crippen LogP contribution is 2.31. The van der Waals surface area contributed by atoms with Gasteiger partial charge in [-0.25, -0.2) is 4.98 Å². The van der Waals surface area contributed by atoms with E-state index in [-0.39, 0.29) is 17.5 Å². The van der Waals surface area contributed by atoms with E-state index in [9.17, 15) is 9.59 Å². The number of nitrogens with two attached hydrogens (primary N) is 1. The van der Waals surface area contributed by atoms with Gasteiger partial charge in [-0.15, -0.1) is 0 Å². The van der Waals surface area contributed by atoms with Crippen molar-refractivity contribution in [1.29, 1.82) is 0 Å². The number of hydrogen-bond donors (Lipinski definition) is 2. The van der Waals surface area contributed by atoms with Gasteiger partial charge < -0.3 is 25.4 Å². The SMILES string of the molecule is C=CC(=O)N[C@H]1CCN(c2cc(Oc3ccc(Oc4ccc(C)cc4)cc3)c(C(N)=O)cn2)C1. The van der Waals surface area contributed by atoms with Crippen molar-refractivity contribution in [3.05, 3.63) is 84.6 Å². The smallest absolute Gasteiger partial charge is 0.254 e. The number of rotatable bonds is 8. The molecule has 0 aliphatic carbocycles. The van der Waals surface area contributed by atoms with Crippen LogP contribution in [0, 0.1) is 6.92 Å². The molecular formula is C26H26N4O4. The van der Waals surface area contributed by atoms with E-state index < -0.39 is 5.91 Å². The molecule has 3 N–H and O–H groups in total. The van der Waals surface area contributed by atoms with Crippen LogP contribution in [0.15, 0.2) is 73.4 Å². The van der Waals surface area contributed by atoms with Gasteiger partial charge in [-0.1, -0.05) is 24.3 Å². The zero-order valence-electron chi connectivity index (χ0n) is 18.9. The van der Waals surface area contributed by atoms with Crippen LogP contribution in [-0.4, -0.2) is 35.9 Å². The first-order valence-electron chi connectivity index (χ1n) is 10.9. The molecule has 1 aliphatic rings. The van der Waals surface area contributed by atoms with Crippen LogP contribution >= 0.6 is 0 Å². The molecule has 1 atom stereocenters. The Morgan fingerprint density at radius 2 is 1.71 bits per heavy atom. The summed E-state index contributed by atoms with van der Waals surface area (Å²) in [7, 11) is 0. The van der Waals surface area contributed by atoms with Crippen molar-refractivity contribution in [2.75, 3.05) is 18.0 Å². The number of carbonyl (C=O) groups excluding carboxylic acids is 2. The maximum absolute atomic E-state index is 11.9. The lowest BCUT2D eigenvalue weighted by Crippen LogP contribution is -2.36. The Bertz CT molecular complexity index is 1190. The summed E-state index contributed by atoms with van der Waals surface area (Å²) in [6.07, 6.45) is 3.45. The van der Waals surface area contributed by atoms with E-state index in [0.717, 1.165) is 17.7 Å². The molecule has 2 amide bonds. The summed E-state index contributed by atoms with van der Waals surface area (Å²) in [5, 5.41) is 2.89. The zero-order chi connectivity index (χ0) is 24.1. The Kier molecular flexibility index (Phi) is 6.77. The predicted molar refractivity (Wildman–Crippen MR) is 129 cm³/mol. The van der Waals surface area contributed by atoms with Crippen LogP contribution in [0.4, 0.5) is 5.82 Å². The minimum absolute atomic E-state index is 0.00596. The Labute approximate surface area is 198 Å². The molecule has 0 saturated carbocycles. The van der Waals surface area contributed by atoms with Gasteiger partial charge >= 0.3 is 0 Å². The molecule has 0 unspecified atom stereocenters. The highest BCUT2D eigenvalue weighted by Gasteiger charge is 2.25. The van der Waals surface area contributed by atoms with E-state index >= 15 is 0 Å². The van der Waals surface area contributed by atoms with Crippen molar-refractivity contribution in [3.8, 4) is 23.0 Å². The Hall–Kier alpha value is -4.33. The van der Waals surface area contributed by atoms with E-state index in [2.05, 4.69) is 16.9 Å². The number of aryl methyl sites for hydroxylation is 1. The van der Waals surface area contributed by atoms with Crippen LogP contribution in [0.25, 0.3) is 0 Å². The molecule has 0 radical (unpaired) electrons. The molecule has 1 fully saturated rings. The fourth-order valence-corrected chi connectivity index (χ4v) is 3.66. The summed E-state index contributed by atoms with van der Waals surface area (Å²) in [5.41, 5.74) is 6.87. The van der Waals surface area contributed by atoms with Crippen molar-refractivity contribution in [2.45, 2.75) is 19.4 Å². The number of nitrogens with zero attached hydrogens (tertiary/aromatic N) is 2. The largest absolute Gasteiger partial charge is 0.457 e. The average molecular weight is 459 g/mol. The molecule has 1 saturated heterocycles. The molecule has 174 valence electrons. The normalized spacial score (nSPS) is 15.0. The third-order valence-corrected chi connectivity index (χ3v) is 5.47. The lowest BCUT2D eigenvalue weighted by atomic mass is 10.2. The molecule has 1 aromatic heterocycles. The van der Waals surface area contributed by atoms with Gasteiger partial charge in [0, 0.05) is 31.4 Å². The molecule has 8 nitrogen and oxygen atoms in total. The molecule has 1 aliphatic heterocycles. The van der Waals surface area contributed by atoms with Gasteiger partial charge in [0.2, 0.25) is 5.91 Å². The lowest BCUT2D eigenvalue weighted by Gasteiger charge is -2.19. The van der Waals surface area contributed by atoms with Crippen molar-refractivity contribution in [2.24, 2.45) is 5.73 Å². The first-order valence-corrected chi connectivity index (χ1v) is 10.9. The van der Waals surface area contributed by atoms with E-state index in [0.29, 0.717) is 36.2 Å². The van der Waals surface area contributed by atoms with E-state index in [1.165, 1.54) is 12.3 Å². The molecule has 4 rings (SSSR count). The van der Waals surface area contributed by atoms with Crippen molar-refractivity contribution in [3.63, 3.8) is 0 Å². The molecule has 34 heavy (non-hydrogen) atoms. The van der Waals surface area contributed by atoms with Crippen molar-refractivity contribution >= 4 is 17.6 Å².